The molecule has 0 aliphatic carbocycles. The zero-order valence-electron chi connectivity index (χ0n) is 17.0. The molecule has 3 aromatic carbocycles. The first kappa shape index (κ1) is 21.9. The van der Waals surface area contributed by atoms with Gasteiger partial charge in [0, 0.05) is 13.0 Å². The van der Waals surface area contributed by atoms with E-state index in [0.717, 1.165) is 11.0 Å². The molecule has 0 aliphatic rings. The highest BCUT2D eigenvalue weighted by atomic mass is 35.5. The van der Waals surface area contributed by atoms with Gasteiger partial charge in [-0.25, -0.2) is 4.98 Å². The van der Waals surface area contributed by atoms with E-state index in [1.165, 1.54) is 0 Å². The number of benzene rings is 3. The summed E-state index contributed by atoms with van der Waals surface area (Å²) in [6.07, 6.45) is 0.449. The summed E-state index contributed by atoms with van der Waals surface area (Å²) >= 11 is 12.3. The van der Waals surface area contributed by atoms with Crippen molar-refractivity contribution in [3.05, 3.63) is 94.2 Å². The zero-order chi connectivity index (χ0) is 22.5. The van der Waals surface area contributed by atoms with Gasteiger partial charge in [-0.05, 0) is 36.4 Å². The van der Waals surface area contributed by atoms with E-state index in [1.807, 2.05) is 28.8 Å². The molecule has 4 rings (SSSR count). The van der Waals surface area contributed by atoms with Crippen molar-refractivity contribution in [1.82, 2.24) is 14.9 Å². The second-order valence-corrected chi connectivity index (χ2v) is 7.93. The molecule has 32 heavy (non-hydrogen) atoms. The molecule has 0 radical (unpaired) electrons. The van der Waals surface area contributed by atoms with Gasteiger partial charge in [-0.2, -0.15) is 0 Å². The molecule has 0 spiro atoms. The maximum Gasteiger partial charge on any atom is 0.252 e. The van der Waals surface area contributed by atoms with Gasteiger partial charge in [-0.15, -0.1) is 0 Å². The molecule has 8 heteroatoms. The Morgan fingerprint density at radius 1 is 0.875 bits per heavy atom. The fourth-order valence-electron chi connectivity index (χ4n) is 3.42. The Morgan fingerprint density at radius 3 is 2.34 bits per heavy atom. The quantitative estimate of drug-likeness (QED) is 0.404. The van der Waals surface area contributed by atoms with Crippen LogP contribution in [0.2, 0.25) is 10.0 Å². The van der Waals surface area contributed by atoms with E-state index in [2.05, 4.69) is 15.6 Å². The molecule has 162 valence electrons. The summed E-state index contributed by atoms with van der Waals surface area (Å²) in [5.74, 6) is 0.220. The Hall–Kier alpha value is -3.35. The first-order valence-electron chi connectivity index (χ1n) is 10.0. The number of hydrogen-bond acceptors (Lipinski definition) is 3. The maximum absolute atomic E-state index is 12.7. The molecule has 1 aromatic heterocycles. The van der Waals surface area contributed by atoms with Crippen LogP contribution in [0.5, 0.6) is 0 Å². The summed E-state index contributed by atoms with van der Waals surface area (Å²) in [6.45, 7) is 0.416. The van der Waals surface area contributed by atoms with Crippen LogP contribution in [0.25, 0.3) is 11.0 Å². The van der Waals surface area contributed by atoms with Crippen LogP contribution in [-0.4, -0.2) is 27.9 Å². The third-order valence-corrected chi connectivity index (χ3v) is 5.60. The molecule has 0 fully saturated rings. The molecule has 6 nitrogen and oxygen atoms in total. The van der Waals surface area contributed by atoms with Gasteiger partial charge >= 0.3 is 0 Å². The lowest BCUT2D eigenvalue weighted by Gasteiger charge is -2.11. The van der Waals surface area contributed by atoms with E-state index in [0.29, 0.717) is 40.1 Å². The van der Waals surface area contributed by atoms with Gasteiger partial charge in [0.25, 0.3) is 5.91 Å². The van der Waals surface area contributed by atoms with Crippen molar-refractivity contribution in [2.75, 3.05) is 11.9 Å². The number of amides is 2. The molecule has 0 saturated heterocycles. The molecule has 0 atom stereocenters. The van der Waals surface area contributed by atoms with Crippen LogP contribution in [0.15, 0.2) is 72.8 Å². The van der Waals surface area contributed by atoms with E-state index in [1.54, 1.807) is 48.5 Å². The summed E-state index contributed by atoms with van der Waals surface area (Å²) in [5.41, 5.74) is 2.60. The normalized spacial score (nSPS) is 10.8. The first-order valence-corrected chi connectivity index (χ1v) is 10.8. The summed E-state index contributed by atoms with van der Waals surface area (Å²) in [6, 6.07) is 21.6. The number of carbonyl (C=O) groups is 2. The third-order valence-electron chi connectivity index (χ3n) is 4.94. The number of hydrogen-bond donors (Lipinski definition) is 2. The van der Waals surface area contributed by atoms with Crippen LogP contribution in [-0.2, 0) is 17.8 Å². The molecular weight excluding hydrogens is 447 g/mol. The Balaban J connectivity index is 1.49. The van der Waals surface area contributed by atoms with E-state index in [4.69, 9.17) is 23.2 Å². The third kappa shape index (κ3) is 4.93. The summed E-state index contributed by atoms with van der Waals surface area (Å²) in [5, 5.41) is 6.57. The number of para-hydroxylation sites is 3. The zero-order valence-corrected chi connectivity index (χ0v) is 18.5. The molecule has 0 saturated carbocycles. The number of carbonyl (C=O) groups excluding carboxylic acids is 2. The first-order chi connectivity index (χ1) is 15.5. The highest BCUT2D eigenvalue weighted by Gasteiger charge is 2.15. The summed E-state index contributed by atoms with van der Waals surface area (Å²) in [7, 11) is 0. The monoisotopic (exact) mass is 466 g/mol. The molecule has 2 amide bonds. The van der Waals surface area contributed by atoms with Crippen LogP contribution >= 0.6 is 23.2 Å². The van der Waals surface area contributed by atoms with Crippen molar-refractivity contribution in [3.8, 4) is 0 Å². The molecule has 0 bridgehead atoms. The minimum absolute atomic E-state index is 0.0690. The Kier molecular flexibility index (Phi) is 6.73. The lowest BCUT2D eigenvalue weighted by atomic mass is 10.2. The van der Waals surface area contributed by atoms with Gasteiger partial charge in [0.05, 0.1) is 32.3 Å². The van der Waals surface area contributed by atoms with E-state index >= 15 is 0 Å². The number of halogens is 2. The largest absolute Gasteiger partial charge is 0.352 e. The maximum atomic E-state index is 12.7. The van der Waals surface area contributed by atoms with E-state index in [-0.39, 0.29) is 18.4 Å². The lowest BCUT2D eigenvalue weighted by Crippen LogP contribution is -2.27. The fraction of sp³-hybridized carbons (Fsp3) is 0.125. The number of fused-ring (bicyclic) bond motifs is 1. The van der Waals surface area contributed by atoms with Crippen LogP contribution in [0.1, 0.15) is 16.2 Å². The standard InChI is InChI=1S/C24H20Cl2N4O2/c25-17-8-2-1-7-16(17)24(32)27-14-13-22-28-20-11-5-6-12-21(20)30(22)15-23(31)29-19-10-4-3-9-18(19)26/h1-12H,13-15H2,(H,27,32)(H,29,31). The van der Waals surface area contributed by atoms with Gasteiger partial charge < -0.3 is 15.2 Å². The number of anilines is 1. The summed E-state index contributed by atoms with van der Waals surface area (Å²) in [4.78, 5) is 29.8. The number of imidazole rings is 1. The molecule has 4 aromatic rings. The molecule has 2 N–H and O–H groups in total. The average molecular weight is 467 g/mol. The minimum Gasteiger partial charge on any atom is -0.352 e. The van der Waals surface area contributed by atoms with E-state index in [9.17, 15) is 9.59 Å². The highest BCUT2D eigenvalue weighted by molar-refractivity contribution is 6.34. The van der Waals surface area contributed by atoms with Gasteiger partial charge in [0.1, 0.15) is 12.4 Å². The molecular formula is C24H20Cl2N4O2. The van der Waals surface area contributed by atoms with Crippen LogP contribution in [0.3, 0.4) is 0 Å². The van der Waals surface area contributed by atoms with Crippen LogP contribution < -0.4 is 10.6 Å². The Bertz CT molecular complexity index is 1290. The predicted molar refractivity (Wildman–Crippen MR) is 127 cm³/mol. The topological polar surface area (TPSA) is 76.0 Å². The van der Waals surface area contributed by atoms with Gasteiger partial charge in [-0.3, -0.25) is 9.59 Å². The van der Waals surface area contributed by atoms with E-state index < -0.39 is 0 Å². The highest BCUT2D eigenvalue weighted by Crippen LogP contribution is 2.21. The van der Waals surface area contributed by atoms with Gasteiger partial charge in [0.2, 0.25) is 5.91 Å². The molecule has 0 unspecified atom stereocenters. The van der Waals surface area contributed by atoms with Gasteiger partial charge in [-0.1, -0.05) is 59.6 Å². The summed E-state index contributed by atoms with van der Waals surface area (Å²) < 4.78 is 1.85. The van der Waals surface area contributed by atoms with Crippen molar-refractivity contribution in [3.63, 3.8) is 0 Å². The van der Waals surface area contributed by atoms with Crippen LogP contribution in [0.4, 0.5) is 5.69 Å². The van der Waals surface area contributed by atoms with Crippen molar-refractivity contribution in [2.24, 2.45) is 0 Å². The lowest BCUT2D eigenvalue weighted by molar-refractivity contribution is -0.116. The number of aromatic nitrogens is 2. The second kappa shape index (κ2) is 9.85. The Morgan fingerprint density at radius 2 is 1.56 bits per heavy atom. The molecule has 1 heterocycles. The average Bonchev–Trinajstić information content (AvgIpc) is 3.13. The fourth-order valence-corrected chi connectivity index (χ4v) is 3.82. The number of nitrogens with one attached hydrogen (secondary N) is 2. The number of nitrogens with zero attached hydrogens (tertiary/aromatic N) is 2. The van der Waals surface area contributed by atoms with Crippen molar-refractivity contribution in [1.29, 1.82) is 0 Å². The van der Waals surface area contributed by atoms with Crippen molar-refractivity contribution >= 4 is 51.7 Å². The SMILES string of the molecule is O=C(Cn1c(CCNC(=O)c2ccccc2Cl)nc2ccccc21)Nc1ccccc1Cl. The smallest absolute Gasteiger partial charge is 0.252 e. The van der Waals surface area contributed by atoms with Crippen molar-refractivity contribution in [2.45, 2.75) is 13.0 Å². The second-order valence-electron chi connectivity index (χ2n) is 7.12. The minimum atomic E-state index is -0.255. The predicted octanol–water partition coefficient (Wildman–Crippen LogP) is 4.95. The van der Waals surface area contributed by atoms with Gasteiger partial charge in [0.15, 0.2) is 0 Å². The molecule has 0 aliphatic heterocycles. The Labute approximate surface area is 195 Å². The number of rotatable bonds is 7. The van der Waals surface area contributed by atoms with Crippen molar-refractivity contribution < 1.29 is 9.59 Å². The van der Waals surface area contributed by atoms with Crippen LogP contribution in [0, 0.1) is 0 Å².